The zero-order valence-corrected chi connectivity index (χ0v) is 12.2. The van der Waals surface area contributed by atoms with Crippen molar-refractivity contribution in [3.05, 3.63) is 34.3 Å². The Labute approximate surface area is 117 Å². The SMILES string of the molecule is CN(Cc1cccc(Br)c1)C(=O)CCNC1CC1. The third-order valence-electron chi connectivity index (χ3n) is 3.08. The van der Waals surface area contributed by atoms with Crippen LogP contribution in [0.25, 0.3) is 0 Å². The molecule has 1 N–H and O–H groups in total. The third-order valence-corrected chi connectivity index (χ3v) is 3.58. The number of hydrogen-bond donors (Lipinski definition) is 1. The fraction of sp³-hybridized carbons (Fsp3) is 0.500. The lowest BCUT2D eigenvalue weighted by Gasteiger charge is -2.17. The quantitative estimate of drug-likeness (QED) is 0.876. The molecule has 1 aromatic carbocycles. The lowest BCUT2D eigenvalue weighted by atomic mass is 10.2. The Morgan fingerprint density at radius 3 is 2.94 bits per heavy atom. The van der Waals surface area contributed by atoms with Crippen molar-refractivity contribution in [2.45, 2.75) is 31.8 Å². The molecule has 0 aliphatic heterocycles. The van der Waals surface area contributed by atoms with E-state index in [2.05, 4.69) is 21.2 Å². The molecule has 1 aliphatic carbocycles. The van der Waals surface area contributed by atoms with Gasteiger partial charge >= 0.3 is 0 Å². The highest BCUT2D eigenvalue weighted by molar-refractivity contribution is 9.10. The molecule has 0 atom stereocenters. The summed E-state index contributed by atoms with van der Waals surface area (Å²) in [5, 5.41) is 3.36. The number of benzene rings is 1. The Bertz CT molecular complexity index is 418. The van der Waals surface area contributed by atoms with Gasteiger partial charge in [0.25, 0.3) is 0 Å². The molecule has 1 amide bonds. The fourth-order valence-corrected chi connectivity index (χ4v) is 2.31. The van der Waals surface area contributed by atoms with Gasteiger partial charge in [-0.05, 0) is 30.5 Å². The van der Waals surface area contributed by atoms with Crippen LogP contribution in [-0.4, -0.2) is 30.4 Å². The van der Waals surface area contributed by atoms with E-state index in [9.17, 15) is 4.79 Å². The second kappa shape index (κ2) is 6.34. The van der Waals surface area contributed by atoms with Crippen LogP contribution in [0, 0.1) is 0 Å². The van der Waals surface area contributed by atoms with Crippen molar-refractivity contribution < 1.29 is 4.79 Å². The fourth-order valence-electron chi connectivity index (χ4n) is 1.86. The predicted molar refractivity (Wildman–Crippen MR) is 76.3 cm³/mol. The average molecular weight is 311 g/mol. The van der Waals surface area contributed by atoms with Gasteiger partial charge in [-0.3, -0.25) is 4.79 Å². The van der Waals surface area contributed by atoms with Crippen molar-refractivity contribution >= 4 is 21.8 Å². The van der Waals surface area contributed by atoms with Crippen LogP contribution in [0.5, 0.6) is 0 Å². The van der Waals surface area contributed by atoms with Crippen LogP contribution in [0.15, 0.2) is 28.7 Å². The van der Waals surface area contributed by atoms with E-state index in [1.165, 1.54) is 12.8 Å². The molecule has 0 radical (unpaired) electrons. The summed E-state index contributed by atoms with van der Waals surface area (Å²) in [6, 6.07) is 8.74. The number of halogens is 1. The Kier molecular flexibility index (Phi) is 4.78. The number of nitrogens with zero attached hydrogens (tertiary/aromatic N) is 1. The molecule has 0 aromatic heterocycles. The van der Waals surface area contributed by atoms with Crippen molar-refractivity contribution in [3.63, 3.8) is 0 Å². The topological polar surface area (TPSA) is 32.3 Å². The minimum atomic E-state index is 0.197. The molecule has 2 rings (SSSR count). The molecule has 3 nitrogen and oxygen atoms in total. The number of carbonyl (C=O) groups excluding carboxylic acids is 1. The van der Waals surface area contributed by atoms with Gasteiger partial charge in [0.1, 0.15) is 0 Å². The van der Waals surface area contributed by atoms with E-state index >= 15 is 0 Å². The van der Waals surface area contributed by atoms with Crippen LogP contribution in [0.4, 0.5) is 0 Å². The predicted octanol–water partition coefficient (Wildman–Crippen LogP) is 2.55. The molecule has 0 heterocycles. The van der Waals surface area contributed by atoms with E-state index < -0.39 is 0 Å². The van der Waals surface area contributed by atoms with Crippen molar-refractivity contribution in [2.24, 2.45) is 0 Å². The van der Waals surface area contributed by atoms with E-state index in [1.54, 1.807) is 4.90 Å². The van der Waals surface area contributed by atoms with Gasteiger partial charge in [0.2, 0.25) is 5.91 Å². The summed E-state index contributed by atoms with van der Waals surface area (Å²) in [7, 11) is 1.86. The molecule has 1 fully saturated rings. The first kappa shape index (κ1) is 13.6. The molecule has 0 unspecified atom stereocenters. The summed E-state index contributed by atoms with van der Waals surface area (Å²) < 4.78 is 1.05. The smallest absolute Gasteiger partial charge is 0.223 e. The van der Waals surface area contributed by atoms with Crippen LogP contribution >= 0.6 is 15.9 Å². The summed E-state index contributed by atoms with van der Waals surface area (Å²) in [4.78, 5) is 13.7. The number of nitrogens with one attached hydrogen (secondary N) is 1. The first-order chi connectivity index (χ1) is 8.65. The summed E-state index contributed by atoms with van der Waals surface area (Å²) in [5.41, 5.74) is 1.15. The summed E-state index contributed by atoms with van der Waals surface area (Å²) in [6.45, 7) is 1.47. The molecular formula is C14H19BrN2O. The number of rotatable bonds is 6. The van der Waals surface area contributed by atoms with Gasteiger partial charge in [0, 0.05) is 37.1 Å². The maximum Gasteiger partial charge on any atom is 0.223 e. The van der Waals surface area contributed by atoms with Gasteiger partial charge in [-0.2, -0.15) is 0 Å². The van der Waals surface area contributed by atoms with Crippen molar-refractivity contribution in [1.82, 2.24) is 10.2 Å². The number of amides is 1. The molecular weight excluding hydrogens is 292 g/mol. The first-order valence-electron chi connectivity index (χ1n) is 6.37. The van der Waals surface area contributed by atoms with Gasteiger partial charge in [-0.25, -0.2) is 0 Å². The summed E-state index contributed by atoms with van der Waals surface area (Å²) in [6.07, 6.45) is 3.12. The second-order valence-electron chi connectivity index (χ2n) is 4.86. The van der Waals surface area contributed by atoms with Crippen LogP contribution in [0.3, 0.4) is 0 Å². The highest BCUT2D eigenvalue weighted by Gasteiger charge is 2.20. The normalized spacial score (nSPS) is 14.6. The largest absolute Gasteiger partial charge is 0.341 e. The molecule has 18 heavy (non-hydrogen) atoms. The molecule has 0 bridgehead atoms. The average Bonchev–Trinajstić information content (AvgIpc) is 3.13. The summed E-state index contributed by atoms with van der Waals surface area (Å²) >= 11 is 3.44. The molecule has 0 spiro atoms. The van der Waals surface area contributed by atoms with Gasteiger partial charge < -0.3 is 10.2 Å². The Morgan fingerprint density at radius 1 is 1.50 bits per heavy atom. The van der Waals surface area contributed by atoms with Gasteiger partial charge in [-0.1, -0.05) is 28.1 Å². The van der Waals surface area contributed by atoms with Crippen molar-refractivity contribution in [3.8, 4) is 0 Å². The maximum atomic E-state index is 11.9. The number of hydrogen-bond acceptors (Lipinski definition) is 2. The van der Waals surface area contributed by atoms with E-state index in [-0.39, 0.29) is 5.91 Å². The lowest BCUT2D eigenvalue weighted by Crippen LogP contribution is -2.30. The molecule has 1 aliphatic rings. The standard InChI is InChI=1S/C14H19BrN2O/c1-17(10-11-3-2-4-12(15)9-11)14(18)7-8-16-13-5-6-13/h2-4,9,13,16H,5-8,10H2,1H3. The van der Waals surface area contributed by atoms with Crippen molar-refractivity contribution in [2.75, 3.05) is 13.6 Å². The minimum Gasteiger partial charge on any atom is -0.341 e. The Hall–Kier alpha value is -0.870. The summed E-state index contributed by atoms with van der Waals surface area (Å²) in [5.74, 6) is 0.197. The molecule has 98 valence electrons. The molecule has 4 heteroatoms. The third kappa shape index (κ3) is 4.42. The zero-order chi connectivity index (χ0) is 13.0. The second-order valence-corrected chi connectivity index (χ2v) is 5.77. The highest BCUT2D eigenvalue weighted by Crippen LogP contribution is 2.18. The first-order valence-corrected chi connectivity index (χ1v) is 7.16. The minimum absolute atomic E-state index is 0.197. The van der Waals surface area contributed by atoms with Gasteiger partial charge in [0.05, 0.1) is 0 Å². The van der Waals surface area contributed by atoms with E-state index in [0.717, 1.165) is 16.6 Å². The highest BCUT2D eigenvalue weighted by atomic mass is 79.9. The van der Waals surface area contributed by atoms with E-state index in [0.29, 0.717) is 19.0 Å². The van der Waals surface area contributed by atoms with Crippen LogP contribution < -0.4 is 5.32 Å². The lowest BCUT2D eigenvalue weighted by molar-refractivity contribution is -0.130. The number of carbonyl (C=O) groups is 1. The van der Waals surface area contributed by atoms with Gasteiger partial charge in [0.15, 0.2) is 0 Å². The zero-order valence-electron chi connectivity index (χ0n) is 10.7. The Balaban J connectivity index is 1.75. The monoisotopic (exact) mass is 310 g/mol. The molecule has 1 saturated carbocycles. The van der Waals surface area contributed by atoms with Crippen LogP contribution in [0.1, 0.15) is 24.8 Å². The van der Waals surface area contributed by atoms with E-state index in [4.69, 9.17) is 0 Å². The molecule has 1 aromatic rings. The maximum absolute atomic E-state index is 11.9. The van der Waals surface area contributed by atoms with E-state index in [1.807, 2.05) is 31.3 Å². The van der Waals surface area contributed by atoms with Crippen LogP contribution in [-0.2, 0) is 11.3 Å². The van der Waals surface area contributed by atoms with Gasteiger partial charge in [-0.15, -0.1) is 0 Å². The van der Waals surface area contributed by atoms with Crippen LogP contribution in [0.2, 0.25) is 0 Å². The Morgan fingerprint density at radius 2 is 2.28 bits per heavy atom. The molecule has 0 saturated heterocycles. The van der Waals surface area contributed by atoms with Crippen molar-refractivity contribution in [1.29, 1.82) is 0 Å².